The van der Waals surface area contributed by atoms with E-state index in [0.717, 1.165) is 57.8 Å². The van der Waals surface area contributed by atoms with Crippen LogP contribution in [-0.4, -0.2) is 99.6 Å². The quantitative estimate of drug-likeness (QED) is 0.0195. The topological polar surface area (TPSA) is 175 Å². The minimum absolute atomic E-state index is 0.131. The van der Waals surface area contributed by atoms with Crippen molar-refractivity contribution in [1.29, 1.82) is 0 Å². The van der Waals surface area contributed by atoms with E-state index < -0.39 is 67.4 Å². The third-order valence-electron chi connectivity index (χ3n) is 16.2. The third kappa shape index (κ3) is 42.9. The number of aliphatic hydroxyl groups excluding tert-OH is 5. The van der Waals surface area contributed by atoms with E-state index in [0.29, 0.717) is 19.3 Å². The second kappa shape index (κ2) is 55.0. The fraction of sp³-hybridized carbons (Fsp3) is 0.939. The molecule has 11 heteroatoms. The molecule has 11 nitrogen and oxygen atoms in total. The molecule has 0 aromatic rings. The Balaban J connectivity index is 2.63. The number of carbonyl (C=O) groups is 2. The van der Waals surface area contributed by atoms with Crippen molar-refractivity contribution in [3.63, 3.8) is 0 Å². The van der Waals surface area contributed by atoms with E-state index in [4.69, 9.17) is 14.2 Å². The van der Waals surface area contributed by atoms with Crippen LogP contribution < -0.4 is 5.32 Å². The minimum atomic E-state index is -1.61. The van der Waals surface area contributed by atoms with Crippen molar-refractivity contribution in [1.82, 2.24) is 5.32 Å². The molecule has 0 spiro atoms. The van der Waals surface area contributed by atoms with Gasteiger partial charge >= 0.3 is 5.97 Å². The van der Waals surface area contributed by atoms with E-state index in [9.17, 15) is 35.1 Å². The highest BCUT2D eigenvalue weighted by Crippen LogP contribution is 2.26. The van der Waals surface area contributed by atoms with Crippen molar-refractivity contribution >= 4 is 11.9 Å². The van der Waals surface area contributed by atoms with Gasteiger partial charge in [0.1, 0.15) is 24.4 Å². The Morgan fingerprint density at radius 1 is 0.494 bits per heavy atom. The smallest absolute Gasteiger partial charge is 0.306 e. The van der Waals surface area contributed by atoms with Crippen molar-refractivity contribution in [2.45, 2.75) is 384 Å². The Morgan fingerprint density at radius 3 is 1.22 bits per heavy atom. The van der Waals surface area contributed by atoms with E-state index in [1.54, 1.807) is 6.08 Å². The highest BCUT2D eigenvalue weighted by Gasteiger charge is 2.47. The third-order valence-corrected chi connectivity index (χ3v) is 16.2. The average Bonchev–Trinajstić information content (AvgIpc) is 3.43. The number of hydrogen-bond donors (Lipinski definition) is 6. The lowest BCUT2D eigenvalue weighted by Crippen LogP contribution is -2.61. The molecule has 0 aromatic carbocycles. The zero-order chi connectivity index (χ0) is 56.1. The fourth-order valence-corrected chi connectivity index (χ4v) is 10.9. The molecular formula is C66H127NO10. The van der Waals surface area contributed by atoms with E-state index in [2.05, 4.69) is 26.1 Å². The van der Waals surface area contributed by atoms with Gasteiger partial charge in [0.2, 0.25) is 5.91 Å². The molecular weight excluding hydrogens is 967 g/mol. The van der Waals surface area contributed by atoms with E-state index >= 15 is 0 Å². The lowest BCUT2D eigenvalue weighted by atomic mass is 9.99. The van der Waals surface area contributed by atoms with Crippen LogP contribution >= 0.6 is 0 Å². The molecule has 1 amide bonds. The predicted molar refractivity (Wildman–Crippen MR) is 320 cm³/mol. The first-order valence-corrected chi connectivity index (χ1v) is 33.5. The van der Waals surface area contributed by atoms with E-state index in [1.807, 2.05) is 6.08 Å². The normalized spacial score (nSPS) is 19.0. The molecule has 1 heterocycles. The molecule has 8 unspecified atom stereocenters. The van der Waals surface area contributed by atoms with Crippen LogP contribution in [0.4, 0.5) is 0 Å². The Hall–Kier alpha value is -1.60. The minimum Gasteiger partial charge on any atom is -0.454 e. The number of unbranched alkanes of at least 4 members (excludes halogenated alkanes) is 44. The molecule has 0 aliphatic carbocycles. The van der Waals surface area contributed by atoms with Crippen LogP contribution in [0, 0.1) is 0 Å². The summed E-state index contributed by atoms with van der Waals surface area (Å²) in [5.41, 5.74) is 0. The Bertz CT molecular complexity index is 1300. The molecule has 8 atom stereocenters. The highest BCUT2D eigenvalue weighted by atomic mass is 16.7. The van der Waals surface area contributed by atoms with Crippen LogP contribution in [0.25, 0.3) is 0 Å². The average molecular weight is 1090 g/mol. The number of ether oxygens (including phenoxy) is 3. The van der Waals surface area contributed by atoms with Gasteiger partial charge < -0.3 is 45.1 Å². The molecule has 77 heavy (non-hydrogen) atoms. The van der Waals surface area contributed by atoms with Crippen molar-refractivity contribution in [2.24, 2.45) is 0 Å². The molecule has 1 aliphatic rings. The second-order valence-electron chi connectivity index (χ2n) is 23.6. The number of rotatable bonds is 58. The standard InChI is InChI=1S/C66H127NO10/c1-4-7-10-13-16-19-22-25-27-28-29-30-31-33-35-38-41-44-47-50-53-59(70)65(74)67-57(58(69)52-49-46-43-40-37-34-24-21-18-15-12-9-6-3)56-75-66-64(63(73)62(72)60(55-68)76-66)77-61(71)54-51-48-45-42-39-36-32-26-23-20-17-14-11-8-5-2/h49,52,57-60,62-64,66,68-70,72-73H,4-48,50-51,53-56H2,1-3H3,(H,67,74)/b52-49+. The summed E-state index contributed by atoms with van der Waals surface area (Å²) in [5, 5.41) is 57.1. The molecule has 1 aliphatic heterocycles. The number of esters is 1. The first-order chi connectivity index (χ1) is 37.7. The summed E-state index contributed by atoms with van der Waals surface area (Å²) in [7, 11) is 0. The van der Waals surface area contributed by atoms with Crippen LogP contribution in [0.2, 0.25) is 0 Å². The largest absolute Gasteiger partial charge is 0.454 e. The summed E-state index contributed by atoms with van der Waals surface area (Å²) in [5.74, 6) is -1.17. The summed E-state index contributed by atoms with van der Waals surface area (Å²) in [6, 6.07) is -1.02. The lowest BCUT2D eigenvalue weighted by Gasteiger charge is -2.41. The molecule has 0 aromatic heterocycles. The Kier molecular flexibility index (Phi) is 52.4. The van der Waals surface area contributed by atoms with Gasteiger partial charge in [-0.25, -0.2) is 0 Å². The van der Waals surface area contributed by atoms with Gasteiger partial charge in [0.25, 0.3) is 0 Å². The molecule has 0 bridgehead atoms. The van der Waals surface area contributed by atoms with Gasteiger partial charge in [0.15, 0.2) is 12.4 Å². The summed E-state index contributed by atoms with van der Waals surface area (Å²) in [6.45, 7) is 5.84. The number of carbonyl (C=O) groups excluding carboxylic acids is 2. The van der Waals surface area contributed by atoms with Crippen molar-refractivity contribution in [3.05, 3.63) is 12.2 Å². The molecule has 0 saturated carbocycles. The summed E-state index contributed by atoms with van der Waals surface area (Å²) >= 11 is 0. The van der Waals surface area contributed by atoms with Crippen LogP contribution in [0.15, 0.2) is 12.2 Å². The van der Waals surface area contributed by atoms with Gasteiger partial charge in [-0.3, -0.25) is 9.59 Å². The van der Waals surface area contributed by atoms with Crippen molar-refractivity contribution in [3.8, 4) is 0 Å². The van der Waals surface area contributed by atoms with Gasteiger partial charge in [0, 0.05) is 6.42 Å². The first-order valence-electron chi connectivity index (χ1n) is 33.5. The number of aliphatic hydroxyl groups is 5. The Labute approximate surface area is 474 Å². The highest BCUT2D eigenvalue weighted by molar-refractivity contribution is 5.80. The van der Waals surface area contributed by atoms with Crippen molar-refractivity contribution < 1.29 is 49.3 Å². The summed E-state index contributed by atoms with van der Waals surface area (Å²) < 4.78 is 17.7. The molecule has 0 radical (unpaired) electrons. The van der Waals surface area contributed by atoms with Gasteiger partial charge in [-0.2, -0.15) is 0 Å². The summed E-state index contributed by atoms with van der Waals surface area (Å²) in [4.78, 5) is 26.6. The molecule has 456 valence electrons. The molecule has 1 saturated heterocycles. The Morgan fingerprint density at radius 2 is 0.844 bits per heavy atom. The van der Waals surface area contributed by atoms with Crippen molar-refractivity contribution in [2.75, 3.05) is 13.2 Å². The number of hydrogen-bond acceptors (Lipinski definition) is 10. The SMILES string of the molecule is CCCCCCCCCCCCC/C=C/C(O)C(COC1OC(CO)C(O)C(O)C1OC(=O)CCCCCCCCCCCCCCCCC)NC(=O)C(O)CCCCCCCCCCCCCCCCCCCCCC. The lowest BCUT2D eigenvalue weighted by molar-refractivity contribution is -0.305. The first kappa shape index (κ1) is 73.4. The van der Waals surface area contributed by atoms with Crippen LogP contribution in [0.3, 0.4) is 0 Å². The van der Waals surface area contributed by atoms with Gasteiger partial charge in [0.05, 0.1) is 25.4 Å². The van der Waals surface area contributed by atoms with Crippen LogP contribution in [0.1, 0.15) is 335 Å². The van der Waals surface area contributed by atoms with Gasteiger partial charge in [-0.05, 0) is 25.7 Å². The van der Waals surface area contributed by atoms with Crippen LogP contribution in [0.5, 0.6) is 0 Å². The zero-order valence-electron chi connectivity index (χ0n) is 50.6. The van der Waals surface area contributed by atoms with Crippen LogP contribution in [-0.2, 0) is 23.8 Å². The second-order valence-corrected chi connectivity index (χ2v) is 23.6. The predicted octanol–water partition coefficient (Wildman–Crippen LogP) is 16.3. The maximum atomic E-state index is 13.5. The maximum absolute atomic E-state index is 13.5. The van der Waals surface area contributed by atoms with E-state index in [1.165, 1.54) is 231 Å². The number of allylic oxidation sites excluding steroid dienone is 1. The van der Waals surface area contributed by atoms with E-state index in [-0.39, 0.29) is 13.0 Å². The van der Waals surface area contributed by atoms with Gasteiger partial charge in [-0.15, -0.1) is 0 Å². The maximum Gasteiger partial charge on any atom is 0.306 e. The number of amides is 1. The monoisotopic (exact) mass is 1090 g/mol. The molecule has 1 rings (SSSR count). The summed E-state index contributed by atoms with van der Waals surface area (Å²) in [6.07, 6.45) is 52.5. The fourth-order valence-electron chi connectivity index (χ4n) is 10.9. The molecule has 1 fully saturated rings. The van der Waals surface area contributed by atoms with Gasteiger partial charge in [-0.1, -0.05) is 315 Å². The zero-order valence-corrected chi connectivity index (χ0v) is 50.6. The number of nitrogens with one attached hydrogen (secondary N) is 1. The molecule has 6 N–H and O–H groups in total.